The molecule has 4 heteroatoms. The second kappa shape index (κ2) is 5.07. The van der Waals surface area contributed by atoms with Gasteiger partial charge >= 0.3 is 5.97 Å². The Bertz CT molecular complexity index is 533. The third-order valence-corrected chi connectivity index (χ3v) is 6.93. The fourth-order valence-electron chi connectivity index (χ4n) is 5.22. The summed E-state index contributed by atoms with van der Waals surface area (Å²) in [6, 6.07) is 2.03. The van der Waals surface area contributed by atoms with E-state index in [1.807, 2.05) is 25.3 Å². The van der Waals surface area contributed by atoms with E-state index in [9.17, 15) is 9.90 Å². The van der Waals surface area contributed by atoms with Gasteiger partial charge in [0.25, 0.3) is 0 Å². The van der Waals surface area contributed by atoms with E-state index >= 15 is 0 Å². The molecular weight excluding hydrogens is 296 g/mol. The SMILES string of the molecule is CC(C)(OC(=O)C1C2CC3CC1CC(C2)C3O)c1ccsc1. The number of thiophene rings is 1. The number of hydrogen-bond acceptors (Lipinski definition) is 4. The molecule has 0 aliphatic heterocycles. The van der Waals surface area contributed by atoms with Crippen molar-refractivity contribution in [2.45, 2.75) is 51.2 Å². The first kappa shape index (κ1) is 14.7. The second-order valence-corrected chi connectivity index (χ2v) is 8.72. The summed E-state index contributed by atoms with van der Waals surface area (Å²) in [6.45, 7) is 3.96. The molecule has 0 unspecified atom stereocenters. The average molecular weight is 320 g/mol. The maximum Gasteiger partial charge on any atom is 0.310 e. The van der Waals surface area contributed by atoms with Gasteiger partial charge in [-0.1, -0.05) is 0 Å². The lowest BCUT2D eigenvalue weighted by Gasteiger charge is -2.55. The zero-order valence-corrected chi connectivity index (χ0v) is 14.0. The van der Waals surface area contributed by atoms with Gasteiger partial charge in [0.15, 0.2) is 0 Å². The van der Waals surface area contributed by atoms with E-state index in [2.05, 4.69) is 5.38 Å². The Morgan fingerprint density at radius 1 is 1.18 bits per heavy atom. The Balaban J connectivity index is 1.50. The lowest BCUT2D eigenvalue weighted by atomic mass is 9.51. The minimum absolute atomic E-state index is 0.0144. The lowest BCUT2D eigenvalue weighted by Crippen LogP contribution is -2.55. The molecule has 0 saturated heterocycles. The zero-order chi connectivity index (χ0) is 15.5. The van der Waals surface area contributed by atoms with E-state index in [-0.39, 0.29) is 18.0 Å². The van der Waals surface area contributed by atoms with Crippen molar-refractivity contribution in [1.82, 2.24) is 0 Å². The Hall–Kier alpha value is -0.870. The monoisotopic (exact) mass is 320 g/mol. The summed E-state index contributed by atoms with van der Waals surface area (Å²) in [6.07, 6.45) is 3.91. The minimum atomic E-state index is -0.550. The molecule has 22 heavy (non-hydrogen) atoms. The molecule has 0 atom stereocenters. The molecule has 120 valence electrons. The van der Waals surface area contributed by atoms with Crippen molar-refractivity contribution in [3.8, 4) is 0 Å². The Kier molecular flexibility index (Phi) is 3.39. The molecule has 4 fully saturated rings. The van der Waals surface area contributed by atoms with Crippen LogP contribution in [0.4, 0.5) is 0 Å². The highest BCUT2D eigenvalue weighted by atomic mass is 32.1. The molecule has 4 aliphatic rings. The fourth-order valence-corrected chi connectivity index (χ4v) is 6.04. The van der Waals surface area contributed by atoms with Gasteiger partial charge in [-0.3, -0.25) is 4.79 Å². The van der Waals surface area contributed by atoms with Crippen molar-refractivity contribution >= 4 is 17.3 Å². The highest BCUT2D eigenvalue weighted by Crippen LogP contribution is 2.57. The first-order chi connectivity index (χ1) is 10.5. The van der Waals surface area contributed by atoms with Crippen LogP contribution in [0.3, 0.4) is 0 Å². The van der Waals surface area contributed by atoms with Gasteiger partial charge in [-0.05, 0) is 80.0 Å². The molecule has 3 nitrogen and oxygen atoms in total. The van der Waals surface area contributed by atoms with Crippen molar-refractivity contribution in [2.24, 2.45) is 29.6 Å². The highest BCUT2D eigenvalue weighted by molar-refractivity contribution is 7.08. The molecule has 4 saturated carbocycles. The Morgan fingerprint density at radius 2 is 1.77 bits per heavy atom. The minimum Gasteiger partial charge on any atom is -0.455 e. The summed E-state index contributed by atoms with van der Waals surface area (Å²) in [7, 11) is 0. The summed E-state index contributed by atoms with van der Waals surface area (Å²) >= 11 is 1.63. The molecule has 0 aromatic carbocycles. The average Bonchev–Trinajstić information content (AvgIpc) is 2.97. The van der Waals surface area contributed by atoms with Crippen LogP contribution in [-0.2, 0) is 15.1 Å². The molecule has 1 aromatic rings. The number of hydrogen-bond donors (Lipinski definition) is 1. The highest BCUT2D eigenvalue weighted by Gasteiger charge is 2.55. The Morgan fingerprint density at radius 3 is 2.27 bits per heavy atom. The normalized spacial score (nSPS) is 40.0. The number of rotatable bonds is 3. The van der Waals surface area contributed by atoms with Gasteiger partial charge in [-0.15, -0.1) is 0 Å². The summed E-state index contributed by atoms with van der Waals surface area (Å²) in [5.74, 6) is 1.75. The summed E-state index contributed by atoms with van der Waals surface area (Å²) < 4.78 is 5.94. The van der Waals surface area contributed by atoms with Gasteiger partial charge in [0.2, 0.25) is 0 Å². The van der Waals surface area contributed by atoms with Crippen LogP contribution in [0.2, 0.25) is 0 Å². The van der Waals surface area contributed by atoms with Crippen molar-refractivity contribution in [2.75, 3.05) is 0 Å². The zero-order valence-electron chi connectivity index (χ0n) is 13.2. The van der Waals surface area contributed by atoms with Gasteiger partial charge in [-0.2, -0.15) is 11.3 Å². The van der Waals surface area contributed by atoms with E-state index < -0.39 is 5.60 Å². The predicted octanol–water partition coefficient (Wildman–Crippen LogP) is 3.57. The van der Waals surface area contributed by atoms with E-state index in [1.54, 1.807) is 11.3 Å². The largest absolute Gasteiger partial charge is 0.455 e. The predicted molar refractivity (Wildman–Crippen MR) is 85.4 cm³/mol. The van der Waals surface area contributed by atoms with Crippen LogP contribution in [0, 0.1) is 29.6 Å². The van der Waals surface area contributed by atoms with E-state index in [0.29, 0.717) is 23.7 Å². The summed E-state index contributed by atoms with van der Waals surface area (Å²) in [4.78, 5) is 12.8. The maximum atomic E-state index is 12.8. The lowest BCUT2D eigenvalue weighted by molar-refractivity contribution is -0.184. The van der Waals surface area contributed by atoms with Gasteiger partial charge in [-0.25, -0.2) is 0 Å². The quantitative estimate of drug-likeness (QED) is 0.866. The summed E-state index contributed by atoms with van der Waals surface area (Å²) in [5, 5.41) is 14.3. The number of aliphatic hydroxyl groups excluding tert-OH is 1. The van der Waals surface area contributed by atoms with Crippen molar-refractivity contribution < 1.29 is 14.6 Å². The fraction of sp³-hybridized carbons (Fsp3) is 0.722. The molecule has 1 heterocycles. The van der Waals surface area contributed by atoms with Gasteiger partial charge in [0.1, 0.15) is 5.60 Å². The number of esters is 1. The van der Waals surface area contributed by atoms with Crippen LogP contribution in [0.15, 0.2) is 16.8 Å². The molecule has 1 aromatic heterocycles. The van der Waals surface area contributed by atoms with E-state index in [0.717, 1.165) is 31.2 Å². The molecule has 0 spiro atoms. The first-order valence-electron chi connectivity index (χ1n) is 8.39. The van der Waals surface area contributed by atoms with Crippen LogP contribution in [0.25, 0.3) is 0 Å². The maximum absolute atomic E-state index is 12.8. The van der Waals surface area contributed by atoms with Crippen molar-refractivity contribution in [1.29, 1.82) is 0 Å². The number of carbonyl (C=O) groups excluding carboxylic acids is 1. The first-order valence-corrected chi connectivity index (χ1v) is 9.33. The standard InChI is InChI=1S/C18H24O3S/c1-18(2,14-3-4-22-9-14)21-17(20)15-10-5-12-7-11(15)8-13(6-10)16(12)19/h3-4,9-13,15-16,19H,5-8H2,1-2H3. The van der Waals surface area contributed by atoms with E-state index in [1.165, 1.54) is 0 Å². The van der Waals surface area contributed by atoms with Gasteiger partial charge < -0.3 is 9.84 Å². The van der Waals surface area contributed by atoms with Crippen LogP contribution < -0.4 is 0 Å². The van der Waals surface area contributed by atoms with Crippen LogP contribution >= 0.6 is 11.3 Å². The smallest absolute Gasteiger partial charge is 0.310 e. The number of aliphatic hydroxyl groups is 1. The topological polar surface area (TPSA) is 46.5 Å². The molecule has 4 aliphatic carbocycles. The van der Waals surface area contributed by atoms with Crippen LogP contribution in [0.1, 0.15) is 45.1 Å². The molecule has 4 bridgehead atoms. The summed E-state index contributed by atoms with van der Waals surface area (Å²) in [5.41, 5.74) is 0.524. The second-order valence-electron chi connectivity index (χ2n) is 7.94. The Labute approximate surface area is 135 Å². The number of carbonyl (C=O) groups is 1. The van der Waals surface area contributed by atoms with Gasteiger partial charge in [0.05, 0.1) is 12.0 Å². The molecule has 5 rings (SSSR count). The third kappa shape index (κ3) is 2.23. The van der Waals surface area contributed by atoms with Crippen LogP contribution in [0.5, 0.6) is 0 Å². The van der Waals surface area contributed by atoms with Crippen LogP contribution in [-0.4, -0.2) is 17.2 Å². The van der Waals surface area contributed by atoms with Crippen molar-refractivity contribution in [3.05, 3.63) is 22.4 Å². The molecular formula is C18H24O3S. The molecule has 1 N–H and O–H groups in total. The van der Waals surface area contributed by atoms with E-state index in [4.69, 9.17) is 4.74 Å². The van der Waals surface area contributed by atoms with Gasteiger partial charge in [0, 0.05) is 5.56 Å². The molecule has 0 radical (unpaired) electrons. The molecule has 0 amide bonds. The van der Waals surface area contributed by atoms with Crippen molar-refractivity contribution in [3.63, 3.8) is 0 Å². The third-order valence-electron chi connectivity index (χ3n) is 6.25. The number of ether oxygens (including phenoxy) is 1.